The van der Waals surface area contributed by atoms with Crippen molar-refractivity contribution in [2.75, 3.05) is 17.2 Å². The van der Waals surface area contributed by atoms with E-state index in [0.29, 0.717) is 16.4 Å². The molecule has 0 saturated heterocycles. The SMILES string of the molecule is CC(=O)Nc1ccc(S(=O)(=O)N[C@@H](C)C(=O)NCC(=O)Nc2ccc(Cl)cc2)cc1. The Labute approximate surface area is 179 Å². The van der Waals surface area contributed by atoms with Crippen molar-refractivity contribution in [2.24, 2.45) is 0 Å². The van der Waals surface area contributed by atoms with Crippen LogP contribution in [0.3, 0.4) is 0 Å². The summed E-state index contributed by atoms with van der Waals surface area (Å²) in [6.07, 6.45) is 0. The largest absolute Gasteiger partial charge is 0.346 e. The molecule has 0 aromatic heterocycles. The highest BCUT2D eigenvalue weighted by Gasteiger charge is 2.22. The van der Waals surface area contributed by atoms with Gasteiger partial charge >= 0.3 is 0 Å². The summed E-state index contributed by atoms with van der Waals surface area (Å²) in [5, 5.41) is 7.99. The molecule has 2 aromatic rings. The Morgan fingerprint density at radius 1 is 0.933 bits per heavy atom. The molecule has 2 rings (SSSR count). The van der Waals surface area contributed by atoms with Gasteiger partial charge in [-0.05, 0) is 55.5 Å². The van der Waals surface area contributed by atoms with Crippen LogP contribution in [0.5, 0.6) is 0 Å². The normalized spacial score (nSPS) is 12.0. The molecular weight excluding hydrogens is 432 g/mol. The zero-order chi connectivity index (χ0) is 22.3. The van der Waals surface area contributed by atoms with Gasteiger partial charge < -0.3 is 16.0 Å². The van der Waals surface area contributed by atoms with Crippen LogP contribution in [-0.4, -0.2) is 38.7 Å². The zero-order valence-corrected chi connectivity index (χ0v) is 17.8. The molecule has 9 nitrogen and oxygen atoms in total. The molecule has 0 spiro atoms. The minimum absolute atomic E-state index is 0.0725. The number of halogens is 1. The second-order valence-electron chi connectivity index (χ2n) is 6.32. The van der Waals surface area contributed by atoms with E-state index in [1.807, 2.05) is 0 Å². The second kappa shape index (κ2) is 10.2. The summed E-state index contributed by atoms with van der Waals surface area (Å²) in [4.78, 5) is 35.0. The van der Waals surface area contributed by atoms with Crippen molar-refractivity contribution in [2.45, 2.75) is 24.8 Å². The van der Waals surface area contributed by atoms with Gasteiger partial charge in [-0.2, -0.15) is 4.72 Å². The minimum Gasteiger partial charge on any atom is -0.346 e. The molecule has 160 valence electrons. The van der Waals surface area contributed by atoms with E-state index in [0.717, 1.165) is 0 Å². The van der Waals surface area contributed by atoms with Crippen molar-refractivity contribution >= 4 is 50.7 Å². The van der Waals surface area contributed by atoms with Crippen LogP contribution in [0.1, 0.15) is 13.8 Å². The van der Waals surface area contributed by atoms with E-state index >= 15 is 0 Å². The molecular formula is C19H21ClN4O5S. The van der Waals surface area contributed by atoms with Crippen LogP contribution in [0.25, 0.3) is 0 Å². The Morgan fingerprint density at radius 2 is 1.47 bits per heavy atom. The highest BCUT2D eigenvalue weighted by molar-refractivity contribution is 7.89. The molecule has 0 radical (unpaired) electrons. The van der Waals surface area contributed by atoms with Gasteiger partial charge in [-0.1, -0.05) is 11.6 Å². The molecule has 0 saturated carbocycles. The standard InChI is InChI=1S/C19H21ClN4O5S/c1-12(19(27)21-11-18(26)23-16-5-3-14(20)4-6-16)24-30(28,29)17-9-7-15(8-10-17)22-13(2)25/h3-10,12,24H,11H2,1-2H3,(H,21,27)(H,22,25)(H,23,26)/t12-/m0/s1. The summed E-state index contributed by atoms with van der Waals surface area (Å²) in [6.45, 7) is 2.36. The molecule has 0 aliphatic rings. The van der Waals surface area contributed by atoms with Crippen molar-refractivity contribution in [3.63, 3.8) is 0 Å². The average Bonchev–Trinajstić information content (AvgIpc) is 2.67. The van der Waals surface area contributed by atoms with Crippen LogP contribution in [0.15, 0.2) is 53.4 Å². The predicted molar refractivity (Wildman–Crippen MR) is 114 cm³/mol. The molecule has 2 aromatic carbocycles. The fourth-order valence-corrected chi connectivity index (χ4v) is 3.66. The van der Waals surface area contributed by atoms with E-state index in [1.54, 1.807) is 24.3 Å². The van der Waals surface area contributed by atoms with E-state index in [9.17, 15) is 22.8 Å². The first-order chi connectivity index (χ1) is 14.1. The number of amides is 3. The van der Waals surface area contributed by atoms with Crippen molar-refractivity contribution < 1.29 is 22.8 Å². The Balaban J connectivity index is 1.88. The van der Waals surface area contributed by atoms with E-state index in [2.05, 4.69) is 20.7 Å². The van der Waals surface area contributed by atoms with Crippen molar-refractivity contribution in [1.82, 2.24) is 10.0 Å². The zero-order valence-electron chi connectivity index (χ0n) is 16.2. The van der Waals surface area contributed by atoms with E-state index in [-0.39, 0.29) is 17.3 Å². The highest BCUT2D eigenvalue weighted by Crippen LogP contribution is 2.15. The number of rotatable bonds is 8. The maximum absolute atomic E-state index is 12.4. The Kier molecular flexibility index (Phi) is 7.93. The van der Waals surface area contributed by atoms with E-state index in [4.69, 9.17) is 11.6 Å². The summed E-state index contributed by atoms with van der Waals surface area (Å²) < 4.78 is 27.1. The van der Waals surface area contributed by atoms with Gasteiger partial charge in [-0.3, -0.25) is 14.4 Å². The first kappa shape index (κ1) is 23.3. The molecule has 0 aliphatic carbocycles. The van der Waals surface area contributed by atoms with Gasteiger partial charge in [0.15, 0.2) is 0 Å². The molecule has 11 heteroatoms. The first-order valence-corrected chi connectivity index (χ1v) is 10.7. The van der Waals surface area contributed by atoms with Gasteiger partial charge in [0.1, 0.15) is 0 Å². The van der Waals surface area contributed by atoms with Gasteiger partial charge in [0, 0.05) is 23.3 Å². The fraction of sp³-hybridized carbons (Fsp3) is 0.211. The molecule has 0 heterocycles. The molecule has 0 unspecified atom stereocenters. The smallest absolute Gasteiger partial charge is 0.243 e. The van der Waals surface area contributed by atoms with Gasteiger partial charge in [-0.25, -0.2) is 8.42 Å². The highest BCUT2D eigenvalue weighted by atomic mass is 35.5. The summed E-state index contributed by atoms with van der Waals surface area (Å²) >= 11 is 5.77. The predicted octanol–water partition coefficient (Wildman–Crippen LogP) is 1.72. The third-order valence-corrected chi connectivity index (χ3v) is 5.57. The summed E-state index contributed by atoms with van der Waals surface area (Å²) in [6, 6.07) is 10.8. The summed E-state index contributed by atoms with van der Waals surface area (Å²) in [5.41, 5.74) is 0.953. The van der Waals surface area contributed by atoms with Crippen LogP contribution in [0.4, 0.5) is 11.4 Å². The third-order valence-electron chi connectivity index (χ3n) is 3.76. The number of hydrogen-bond acceptors (Lipinski definition) is 5. The molecule has 4 N–H and O–H groups in total. The van der Waals surface area contributed by atoms with Crippen LogP contribution >= 0.6 is 11.6 Å². The van der Waals surface area contributed by atoms with Gasteiger partial charge in [0.05, 0.1) is 17.5 Å². The van der Waals surface area contributed by atoms with Crippen molar-refractivity contribution in [1.29, 1.82) is 0 Å². The summed E-state index contributed by atoms with van der Waals surface area (Å²) in [5.74, 6) is -1.43. The van der Waals surface area contributed by atoms with Crippen LogP contribution < -0.4 is 20.7 Å². The number of anilines is 2. The Bertz CT molecular complexity index is 1020. The maximum Gasteiger partial charge on any atom is 0.243 e. The fourth-order valence-electron chi connectivity index (χ4n) is 2.33. The Morgan fingerprint density at radius 3 is 2.03 bits per heavy atom. The number of benzene rings is 2. The van der Waals surface area contributed by atoms with Crippen LogP contribution in [0, 0.1) is 0 Å². The average molecular weight is 453 g/mol. The first-order valence-electron chi connectivity index (χ1n) is 8.80. The topological polar surface area (TPSA) is 133 Å². The van der Waals surface area contributed by atoms with E-state index < -0.39 is 27.9 Å². The molecule has 3 amide bonds. The molecule has 30 heavy (non-hydrogen) atoms. The lowest BCUT2D eigenvalue weighted by Crippen LogP contribution is -2.46. The van der Waals surface area contributed by atoms with Crippen LogP contribution in [-0.2, 0) is 24.4 Å². The van der Waals surface area contributed by atoms with Gasteiger partial charge in [0.25, 0.3) is 0 Å². The van der Waals surface area contributed by atoms with Crippen molar-refractivity contribution in [3.8, 4) is 0 Å². The number of carbonyl (C=O) groups excluding carboxylic acids is 3. The lowest BCUT2D eigenvalue weighted by molar-refractivity contribution is -0.125. The number of hydrogen-bond donors (Lipinski definition) is 4. The minimum atomic E-state index is -3.98. The summed E-state index contributed by atoms with van der Waals surface area (Å²) in [7, 11) is -3.98. The molecule has 0 aliphatic heterocycles. The van der Waals surface area contributed by atoms with Gasteiger partial charge in [-0.15, -0.1) is 0 Å². The molecule has 0 bridgehead atoms. The maximum atomic E-state index is 12.4. The lowest BCUT2D eigenvalue weighted by Gasteiger charge is -2.15. The number of sulfonamides is 1. The molecule has 0 fully saturated rings. The van der Waals surface area contributed by atoms with Gasteiger partial charge in [0.2, 0.25) is 27.7 Å². The quantitative estimate of drug-likeness (QED) is 0.484. The Hall–Kier alpha value is -2.95. The second-order valence-corrected chi connectivity index (χ2v) is 8.47. The third kappa shape index (κ3) is 7.14. The lowest BCUT2D eigenvalue weighted by atomic mass is 10.3. The van der Waals surface area contributed by atoms with E-state index in [1.165, 1.54) is 38.1 Å². The molecule has 1 atom stereocenters. The van der Waals surface area contributed by atoms with Crippen LogP contribution in [0.2, 0.25) is 5.02 Å². The monoisotopic (exact) mass is 452 g/mol. The number of carbonyl (C=O) groups is 3. The number of nitrogens with one attached hydrogen (secondary N) is 4. The van der Waals surface area contributed by atoms with Crippen molar-refractivity contribution in [3.05, 3.63) is 53.6 Å².